The summed E-state index contributed by atoms with van der Waals surface area (Å²) in [6.45, 7) is 5.16. The van der Waals surface area contributed by atoms with Crippen molar-refractivity contribution in [2.24, 2.45) is 0 Å². The van der Waals surface area contributed by atoms with Gasteiger partial charge in [-0.25, -0.2) is 4.79 Å². The molecule has 0 saturated heterocycles. The van der Waals surface area contributed by atoms with Gasteiger partial charge in [0.05, 0.1) is 21.1 Å². The minimum atomic E-state index is -0.370. The molecule has 0 radical (unpaired) electrons. The summed E-state index contributed by atoms with van der Waals surface area (Å²) in [5.74, 6) is -0.370. The Labute approximate surface area is 80.0 Å². The van der Waals surface area contributed by atoms with Crippen LogP contribution in [0.25, 0.3) is 0 Å². The molecule has 0 amide bonds. The van der Waals surface area contributed by atoms with E-state index in [1.54, 1.807) is 0 Å². The van der Waals surface area contributed by atoms with Crippen molar-refractivity contribution in [3.63, 3.8) is 0 Å². The second-order valence-electron chi connectivity index (χ2n) is 3.36. The average molecular weight is 194 g/mol. The number of carbonyl (C=O) groups excluding carboxylic acids is 1. The number of rotatable bonds is 3. The topological polar surface area (TPSA) is 26.3 Å². The van der Waals surface area contributed by atoms with Crippen molar-refractivity contribution in [3.8, 4) is 0 Å². The molecule has 0 heterocycles. The van der Waals surface area contributed by atoms with Crippen molar-refractivity contribution in [2.75, 3.05) is 21.1 Å². The minimum absolute atomic E-state index is 0. The van der Waals surface area contributed by atoms with E-state index in [0.717, 1.165) is 0 Å². The van der Waals surface area contributed by atoms with Crippen molar-refractivity contribution >= 4 is 5.97 Å². The van der Waals surface area contributed by atoms with Gasteiger partial charge in [-0.15, -0.1) is 0 Å². The summed E-state index contributed by atoms with van der Waals surface area (Å²) in [5.41, 5.74) is 0. The van der Waals surface area contributed by atoms with Gasteiger partial charge in [-0.3, -0.25) is 4.48 Å². The van der Waals surface area contributed by atoms with Crippen molar-refractivity contribution in [2.45, 2.75) is 13.2 Å². The van der Waals surface area contributed by atoms with Gasteiger partial charge in [-0.05, 0) is 0 Å². The van der Waals surface area contributed by atoms with Crippen LogP contribution in [0.1, 0.15) is 6.92 Å². The Bertz CT molecular complexity index is 163. The normalized spacial score (nSPS) is 12.7. The average Bonchev–Trinajstić information content (AvgIpc) is 1.85. The highest BCUT2D eigenvalue weighted by Gasteiger charge is 2.20. The number of hydrogen-bond acceptors (Lipinski definition) is 2. The Morgan fingerprint density at radius 3 is 2.17 bits per heavy atom. The minimum Gasteiger partial charge on any atom is -1.00 e. The van der Waals surface area contributed by atoms with Gasteiger partial charge < -0.3 is 17.1 Å². The summed E-state index contributed by atoms with van der Waals surface area (Å²) in [4.78, 5) is 10.7. The van der Waals surface area contributed by atoms with Gasteiger partial charge in [0.15, 0.2) is 0 Å². The Morgan fingerprint density at radius 2 is 1.92 bits per heavy atom. The standard InChI is InChI=1S/C8H16NO2.ClH/c1-6-8(10)11-7(2)9(3,4)5;/h6-7H,1H2,2-5H3;1H/q+1;/p-1. The summed E-state index contributed by atoms with van der Waals surface area (Å²) in [7, 11) is 5.88. The first-order valence-electron chi connectivity index (χ1n) is 3.52. The molecule has 72 valence electrons. The van der Waals surface area contributed by atoms with Crippen molar-refractivity contribution in [3.05, 3.63) is 12.7 Å². The van der Waals surface area contributed by atoms with E-state index in [4.69, 9.17) is 4.74 Å². The van der Waals surface area contributed by atoms with Gasteiger partial charge in [0.1, 0.15) is 0 Å². The van der Waals surface area contributed by atoms with Gasteiger partial charge in [0.25, 0.3) is 0 Å². The largest absolute Gasteiger partial charge is 1.00 e. The first kappa shape index (κ1) is 14.0. The van der Waals surface area contributed by atoms with Crippen LogP contribution in [-0.4, -0.2) is 37.8 Å². The number of esters is 1. The molecule has 1 unspecified atom stereocenters. The van der Waals surface area contributed by atoms with E-state index in [1.165, 1.54) is 6.08 Å². The maximum atomic E-state index is 10.7. The van der Waals surface area contributed by atoms with Crippen LogP contribution in [0, 0.1) is 0 Å². The zero-order valence-corrected chi connectivity index (χ0v) is 8.76. The van der Waals surface area contributed by atoms with Crippen LogP contribution in [0.15, 0.2) is 12.7 Å². The molecule has 0 aromatic heterocycles. The summed E-state index contributed by atoms with van der Waals surface area (Å²) < 4.78 is 5.58. The van der Waals surface area contributed by atoms with E-state index < -0.39 is 0 Å². The lowest BCUT2D eigenvalue weighted by Gasteiger charge is -2.29. The predicted molar refractivity (Wildman–Crippen MR) is 43.8 cm³/mol. The van der Waals surface area contributed by atoms with Crippen LogP contribution < -0.4 is 12.4 Å². The second-order valence-corrected chi connectivity index (χ2v) is 3.36. The highest BCUT2D eigenvalue weighted by Crippen LogP contribution is 2.03. The van der Waals surface area contributed by atoms with Crippen LogP contribution in [0.2, 0.25) is 0 Å². The first-order valence-corrected chi connectivity index (χ1v) is 3.52. The molecule has 0 N–H and O–H groups in total. The Kier molecular flexibility index (Phi) is 6.03. The summed E-state index contributed by atoms with van der Waals surface area (Å²) in [5, 5.41) is 0. The lowest BCUT2D eigenvalue weighted by molar-refractivity contribution is -0.914. The molecule has 0 saturated carbocycles. The molecule has 0 aromatic carbocycles. The Balaban J connectivity index is 0. The Morgan fingerprint density at radius 1 is 1.50 bits per heavy atom. The fraction of sp³-hybridized carbons (Fsp3) is 0.625. The summed E-state index contributed by atoms with van der Waals surface area (Å²) in [6.07, 6.45) is 1.03. The van der Waals surface area contributed by atoms with Crippen LogP contribution >= 0.6 is 0 Å². The molecule has 0 bridgehead atoms. The fourth-order valence-corrected chi connectivity index (χ4v) is 0.374. The molecule has 0 aliphatic rings. The number of quaternary nitrogens is 1. The second kappa shape index (κ2) is 5.17. The molecule has 0 aromatic rings. The highest BCUT2D eigenvalue weighted by atomic mass is 35.5. The van der Waals surface area contributed by atoms with Crippen molar-refractivity contribution < 1.29 is 26.4 Å². The molecular formula is C8H16ClNO2. The van der Waals surface area contributed by atoms with E-state index >= 15 is 0 Å². The highest BCUT2D eigenvalue weighted by molar-refractivity contribution is 5.81. The molecular weight excluding hydrogens is 178 g/mol. The quantitative estimate of drug-likeness (QED) is 0.220. The molecule has 0 aliphatic carbocycles. The van der Waals surface area contributed by atoms with Gasteiger partial charge in [-0.2, -0.15) is 0 Å². The number of ether oxygens (including phenoxy) is 1. The zero-order valence-electron chi connectivity index (χ0n) is 8.00. The van der Waals surface area contributed by atoms with Crippen LogP contribution in [0.3, 0.4) is 0 Å². The lowest BCUT2D eigenvalue weighted by Crippen LogP contribution is -3.00. The van der Waals surface area contributed by atoms with Crippen molar-refractivity contribution in [1.82, 2.24) is 0 Å². The van der Waals surface area contributed by atoms with Crippen LogP contribution in [-0.2, 0) is 9.53 Å². The van der Waals surface area contributed by atoms with Crippen LogP contribution in [0.4, 0.5) is 0 Å². The van der Waals surface area contributed by atoms with E-state index in [2.05, 4.69) is 6.58 Å². The monoisotopic (exact) mass is 193 g/mol. The number of nitrogens with zero attached hydrogens (tertiary/aromatic N) is 1. The third-order valence-electron chi connectivity index (χ3n) is 1.54. The molecule has 0 fully saturated rings. The van der Waals surface area contributed by atoms with Crippen molar-refractivity contribution in [1.29, 1.82) is 0 Å². The molecule has 0 aliphatic heterocycles. The van der Waals surface area contributed by atoms with Gasteiger partial charge >= 0.3 is 5.97 Å². The van der Waals surface area contributed by atoms with Crippen LogP contribution in [0.5, 0.6) is 0 Å². The SMILES string of the molecule is C=CC(=O)OC(C)[N+](C)(C)C.[Cl-]. The molecule has 1 atom stereocenters. The van der Waals surface area contributed by atoms with Gasteiger partial charge in [-0.1, -0.05) is 6.58 Å². The van der Waals surface area contributed by atoms with E-state index in [1.807, 2.05) is 28.1 Å². The smallest absolute Gasteiger partial charge is 0.334 e. The maximum Gasteiger partial charge on any atom is 0.334 e. The Hall–Kier alpha value is -0.540. The third kappa shape index (κ3) is 5.16. The molecule has 4 heteroatoms. The number of hydrogen-bond donors (Lipinski definition) is 0. The van der Waals surface area contributed by atoms with Gasteiger partial charge in [0, 0.05) is 13.0 Å². The third-order valence-corrected chi connectivity index (χ3v) is 1.54. The molecule has 0 rings (SSSR count). The zero-order chi connectivity index (χ0) is 9.07. The van der Waals surface area contributed by atoms with E-state index in [9.17, 15) is 4.79 Å². The fourth-order valence-electron chi connectivity index (χ4n) is 0.374. The molecule has 0 spiro atoms. The molecule has 3 nitrogen and oxygen atoms in total. The maximum absolute atomic E-state index is 10.7. The number of halogens is 1. The predicted octanol–water partition coefficient (Wildman–Crippen LogP) is -2.23. The van der Waals surface area contributed by atoms with E-state index in [-0.39, 0.29) is 24.6 Å². The number of carbonyl (C=O) groups is 1. The summed E-state index contributed by atoms with van der Waals surface area (Å²) in [6, 6.07) is 0. The van der Waals surface area contributed by atoms with E-state index in [0.29, 0.717) is 4.48 Å². The van der Waals surface area contributed by atoms with Gasteiger partial charge in [0.2, 0.25) is 6.23 Å². The lowest BCUT2D eigenvalue weighted by atomic mass is 10.5. The first-order chi connectivity index (χ1) is 4.88. The molecule has 12 heavy (non-hydrogen) atoms. The summed E-state index contributed by atoms with van der Waals surface area (Å²) >= 11 is 0.